The summed E-state index contributed by atoms with van der Waals surface area (Å²) in [6, 6.07) is 0. The molecule has 0 rings (SSSR count). The lowest BCUT2D eigenvalue weighted by Gasteiger charge is -1.95. The Kier molecular flexibility index (Phi) is 4.99. The number of rotatable bonds is 3. The van der Waals surface area contributed by atoms with Crippen LogP contribution in [0.15, 0.2) is 35.4 Å². The predicted molar refractivity (Wildman–Crippen MR) is 46.9 cm³/mol. The molecule has 0 unspecified atom stereocenters. The van der Waals surface area contributed by atoms with Gasteiger partial charge in [-0.1, -0.05) is 30.3 Å². The van der Waals surface area contributed by atoms with E-state index in [0.29, 0.717) is 11.6 Å². The van der Waals surface area contributed by atoms with E-state index in [1.807, 2.05) is 6.92 Å². The van der Waals surface area contributed by atoms with E-state index in [0.717, 1.165) is 5.57 Å². The zero-order chi connectivity index (χ0) is 7.98. The second-order valence-electron chi connectivity index (χ2n) is 1.93. The van der Waals surface area contributed by atoms with Crippen molar-refractivity contribution in [1.29, 1.82) is 0 Å². The molecule has 0 aromatic rings. The third-order valence-corrected chi connectivity index (χ3v) is 1.54. The van der Waals surface area contributed by atoms with Crippen molar-refractivity contribution in [2.75, 3.05) is 6.54 Å². The van der Waals surface area contributed by atoms with Gasteiger partial charge < -0.3 is 5.73 Å². The van der Waals surface area contributed by atoms with Gasteiger partial charge in [0.05, 0.1) is 0 Å². The van der Waals surface area contributed by atoms with Gasteiger partial charge in [-0.15, -0.1) is 0 Å². The van der Waals surface area contributed by atoms with Crippen LogP contribution in [-0.2, 0) is 0 Å². The van der Waals surface area contributed by atoms with Gasteiger partial charge in [0.1, 0.15) is 0 Å². The third-order valence-electron chi connectivity index (χ3n) is 1.09. The Hall–Kier alpha value is -0.530. The van der Waals surface area contributed by atoms with Gasteiger partial charge in [-0.05, 0) is 18.6 Å². The van der Waals surface area contributed by atoms with Crippen molar-refractivity contribution in [3.05, 3.63) is 35.4 Å². The van der Waals surface area contributed by atoms with Crippen LogP contribution in [0.4, 0.5) is 0 Å². The highest BCUT2D eigenvalue weighted by Crippen LogP contribution is 2.08. The van der Waals surface area contributed by atoms with E-state index in [-0.39, 0.29) is 0 Å². The number of hydrogen-bond donors (Lipinski definition) is 1. The summed E-state index contributed by atoms with van der Waals surface area (Å²) in [4.78, 5) is 0. The molecular weight excluding hydrogens is 146 g/mol. The van der Waals surface area contributed by atoms with Gasteiger partial charge in [-0.3, -0.25) is 0 Å². The van der Waals surface area contributed by atoms with Crippen LogP contribution in [0.3, 0.4) is 0 Å². The largest absolute Gasteiger partial charge is 0.327 e. The van der Waals surface area contributed by atoms with E-state index >= 15 is 0 Å². The molecule has 0 saturated carbocycles. The molecule has 0 aliphatic heterocycles. The number of nitrogens with two attached hydrogens (primary N) is 1. The first-order valence-corrected chi connectivity index (χ1v) is 3.44. The summed E-state index contributed by atoms with van der Waals surface area (Å²) in [6.07, 6.45) is 5.23. The predicted octanol–water partition coefficient (Wildman–Crippen LogP) is 2.20. The molecular formula is C8H12ClN. The lowest BCUT2D eigenvalue weighted by Crippen LogP contribution is -2.00. The smallest absolute Gasteiger partial charge is 0.0407 e. The number of allylic oxidation sites excluding steroid dienone is 4. The molecule has 0 amide bonds. The molecule has 0 aromatic heterocycles. The minimum atomic E-state index is 0.500. The quantitative estimate of drug-likeness (QED) is 0.625. The van der Waals surface area contributed by atoms with Crippen LogP contribution in [0.2, 0.25) is 0 Å². The molecule has 0 heterocycles. The molecule has 0 aliphatic carbocycles. The molecule has 1 nitrogen and oxygen atoms in total. The van der Waals surface area contributed by atoms with Gasteiger partial charge in [-0.2, -0.15) is 0 Å². The summed E-state index contributed by atoms with van der Waals surface area (Å²) in [5.41, 5.74) is 6.33. The Morgan fingerprint density at radius 2 is 2.30 bits per heavy atom. The maximum atomic E-state index is 5.78. The molecule has 2 heteroatoms. The first-order chi connectivity index (χ1) is 4.72. The van der Waals surface area contributed by atoms with Crippen molar-refractivity contribution in [3.63, 3.8) is 0 Å². The van der Waals surface area contributed by atoms with E-state index in [4.69, 9.17) is 17.3 Å². The average Bonchev–Trinajstić information content (AvgIpc) is 1.98. The number of halogens is 1. The van der Waals surface area contributed by atoms with E-state index in [1.165, 1.54) is 0 Å². The highest BCUT2D eigenvalue weighted by Gasteiger charge is 1.89. The fraction of sp³-hybridized carbons (Fsp3) is 0.250. The normalized spacial score (nSPS) is 13.5. The van der Waals surface area contributed by atoms with E-state index in [2.05, 4.69) is 6.58 Å². The summed E-state index contributed by atoms with van der Waals surface area (Å²) < 4.78 is 0. The summed E-state index contributed by atoms with van der Waals surface area (Å²) >= 11 is 5.78. The number of hydrogen-bond acceptors (Lipinski definition) is 1. The van der Waals surface area contributed by atoms with Gasteiger partial charge in [0.15, 0.2) is 0 Å². The van der Waals surface area contributed by atoms with Crippen LogP contribution in [0.1, 0.15) is 6.92 Å². The Bertz CT molecular complexity index is 168. The van der Waals surface area contributed by atoms with Crippen LogP contribution >= 0.6 is 11.6 Å². The molecule has 0 spiro atoms. The maximum Gasteiger partial charge on any atom is 0.0407 e. The Morgan fingerprint density at radius 3 is 2.70 bits per heavy atom. The third kappa shape index (κ3) is 3.49. The van der Waals surface area contributed by atoms with Gasteiger partial charge in [0.2, 0.25) is 0 Å². The van der Waals surface area contributed by atoms with Crippen molar-refractivity contribution in [3.8, 4) is 0 Å². The van der Waals surface area contributed by atoms with Crippen LogP contribution in [0.5, 0.6) is 0 Å². The van der Waals surface area contributed by atoms with Gasteiger partial charge in [-0.25, -0.2) is 0 Å². The van der Waals surface area contributed by atoms with Crippen LogP contribution in [0.25, 0.3) is 0 Å². The van der Waals surface area contributed by atoms with Gasteiger partial charge >= 0.3 is 0 Å². The van der Waals surface area contributed by atoms with Crippen molar-refractivity contribution in [2.24, 2.45) is 5.73 Å². The maximum absolute atomic E-state index is 5.78. The fourth-order valence-electron chi connectivity index (χ4n) is 0.392. The zero-order valence-corrected chi connectivity index (χ0v) is 6.86. The van der Waals surface area contributed by atoms with Crippen LogP contribution in [0, 0.1) is 0 Å². The first kappa shape index (κ1) is 9.47. The summed E-state index contributed by atoms with van der Waals surface area (Å²) in [6.45, 7) is 5.92. The first-order valence-electron chi connectivity index (χ1n) is 3.06. The topological polar surface area (TPSA) is 26.0 Å². The van der Waals surface area contributed by atoms with Gasteiger partial charge in [0.25, 0.3) is 0 Å². The summed E-state index contributed by atoms with van der Waals surface area (Å²) in [5, 5.41) is 0.697. The van der Waals surface area contributed by atoms with Crippen molar-refractivity contribution < 1.29 is 0 Å². The van der Waals surface area contributed by atoms with Crippen LogP contribution < -0.4 is 5.73 Å². The molecule has 0 bridgehead atoms. The molecule has 56 valence electrons. The molecule has 10 heavy (non-hydrogen) atoms. The van der Waals surface area contributed by atoms with Crippen molar-refractivity contribution >= 4 is 11.6 Å². The monoisotopic (exact) mass is 157 g/mol. The molecule has 0 saturated heterocycles. The average molecular weight is 158 g/mol. The van der Waals surface area contributed by atoms with Crippen molar-refractivity contribution in [1.82, 2.24) is 0 Å². The van der Waals surface area contributed by atoms with E-state index < -0.39 is 0 Å². The minimum Gasteiger partial charge on any atom is -0.327 e. The second-order valence-corrected chi connectivity index (χ2v) is 2.33. The lowest BCUT2D eigenvalue weighted by atomic mass is 10.3. The lowest BCUT2D eigenvalue weighted by molar-refractivity contribution is 1.13. The zero-order valence-electron chi connectivity index (χ0n) is 6.10. The summed E-state index contributed by atoms with van der Waals surface area (Å²) in [7, 11) is 0. The Morgan fingerprint density at radius 1 is 1.70 bits per heavy atom. The SMILES string of the molecule is C=C/C=C\C(Cl)=C(/C)CN. The molecule has 0 atom stereocenters. The van der Waals surface area contributed by atoms with Gasteiger partial charge in [0, 0.05) is 11.6 Å². The summed E-state index contributed by atoms with van der Waals surface area (Å²) in [5.74, 6) is 0. The highest BCUT2D eigenvalue weighted by molar-refractivity contribution is 6.31. The van der Waals surface area contributed by atoms with Crippen LogP contribution in [-0.4, -0.2) is 6.54 Å². The molecule has 0 radical (unpaired) electrons. The second kappa shape index (κ2) is 5.27. The fourth-order valence-corrected chi connectivity index (χ4v) is 0.542. The Labute approximate surface area is 66.9 Å². The highest BCUT2D eigenvalue weighted by atomic mass is 35.5. The molecule has 0 aliphatic rings. The molecule has 0 fully saturated rings. The minimum absolute atomic E-state index is 0.500. The van der Waals surface area contributed by atoms with E-state index in [9.17, 15) is 0 Å². The van der Waals surface area contributed by atoms with E-state index in [1.54, 1.807) is 18.2 Å². The standard InChI is InChI=1S/C8H12ClN/c1-3-4-5-8(9)7(2)6-10/h3-5H,1,6,10H2,2H3/b5-4-,8-7-. The Balaban J connectivity index is 4.17. The molecule has 2 N–H and O–H groups in total. The molecule has 0 aromatic carbocycles. The van der Waals surface area contributed by atoms with Crippen molar-refractivity contribution in [2.45, 2.75) is 6.92 Å².